The lowest BCUT2D eigenvalue weighted by Crippen LogP contribution is -2.30. The van der Waals surface area contributed by atoms with E-state index in [0.29, 0.717) is 28.3 Å². The van der Waals surface area contributed by atoms with E-state index in [-0.39, 0.29) is 11.5 Å². The highest BCUT2D eigenvalue weighted by Crippen LogP contribution is 2.26. The molecule has 8 heteroatoms. The van der Waals surface area contributed by atoms with Crippen LogP contribution in [0.1, 0.15) is 31.8 Å². The average molecular weight is 611 g/mol. The van der Waals surface area contributed by atoms with E-state index in [1.807, 2.05) is 30.3 Å². The van der Waals surface area contributed by atoms with Crippen LogP contribution >= 0.6 is 15.9 Å². The van der Waals surface area contributed by atoms with E-state index >= 15 is 0 Å². The first kappa shape index (κ1) is 29.0. The van der Waals surface area contributed by atoms with E-state index in [4.69, 9.17) is 9.47 Å². The second-order valence-electron chi connectivity index (χ2n) is 8.77. The molecule has 0 aliphatic heterocycles. The van der Waals surface area contributed by atoms with Crippen LogP contribution in [0.5, 0.6) is 11.5 Å². The molecule has 0 radical (unpaired) electrons. The smallest absolute Gasteiger partial charge is 0.272 e. The Labute approximate surface area is 246 Å². The number of benzene rings is 4. The van der Waals surface area contributed by atoms with Crippen LogP contribution in [0.3, 0.4) is 0 Å². The van der Waals surface area contributed by atoms with Crippen molar-refractivity contribution in [3.63, 3.8) is 0 Å². The van der Waals surface area contributed by atoms with Gasteiger partial charge in [-0.2, -0.15) is 0 Å². The van der Waals surface area contributed by atoms with Gasteiger partial charge in [0.05, 0.1) is 14.2 Å². The summed E-state index contributed by atoms with van der Waals surface area (Å²) in [7, 11) is 3.12. The number of carbonyl (C=O) groups is 3. The van der Waals surface area contributed by atoms with Crippen molar-refractivity contribution in [1.82, 2.24) is 5.32 Å². The van der Waals surface area contributed by atoms with Crippen molar-refractivity contribution in [2.24, 2.45) is 0 Å². The molecule has 0 aliphatic carbocycles. The first-order valence-electron chi connectivity index (χ1n) is 12.6. The summed E-state index contributed by atoms with van der Waals surface area (Å²) in [6.07, 6.45) is 4.72. The quantitative estimate of drug-likeness (QED) is 0.153. The molecule has 0 aromatic heterocycles. The fourth-order valence-corrected chi connectivity index (χ4v) is 4.07. The molecule has 4 aromatic rings. The molecule has 2 amide bonds. The van der Waals surface area contributed by atoms with Crippen LogP contribution < -0.4 is 20.1 Å². The Bertz CT molecular complexity index is 1600. The van der Waals surface area contributed by atoms with Gasteiger partial charge in [-0.1, -0.05) is 46.3 Å². The molecule has 4 aromatic carbocycles. The second kappa shape index (κ2) is 13.9. The van der Waals surface area contributed by atoms with Crippen molar-refractivity contribution in [2.45, 2.75) is 0 Å². The molecule has 0 spiro atoms. The van der Waals surface area contributed by atoms with Crippen molar-refractivity contribution < 1.29 is 23.9 Å². The van der Waals surface area contributed by atoms with Crippen molar-refractivity contribution in [3.05, 3.63) is 136 Å². The van der Waals surface area contributed by atoms with Crippen LogP contribution in [0.4, 0.5) is 5.69 Å². The summed E-state index contributed by atoms with van der Waals surface area (Å²) >= 11 is 3.40. The monoisotopic (exact) mass is 610 g/mol. The molecule has 0 aliphatic rings. The highest BCUT2D eigenvalue weighted by Gasteiger charge is 2.15. The zero-order valence-corrected chi connectivity index (χ0v) is 24.0. The summed E-state index contributed by atoms with van der Waals surface area (Å²) in [6.45, 7) is 0. The maximum absolute atomic E-state index is 13.2. The van der Waals surface area contributed by atoms with Gasteiger partial charge in [-0.3, -0.25) is 14.4 Å². The molecule has 0 heterocycles. The number of anilines is 1. The zero-order chi connectivity index (χ0) is 29.2. The third-order valence-corrected chi connectivity index (χ3v) is 6.52. The van der Waals surface area contributed by atoms with E-state index in [1.54, 1.807) is 93.1 Å². The molecule has 206 valence electrons. The summed E-state index contributed by atoms with van der Waals surface area (Å²) in [5.74, 6) is 0.0926. The lowest BCUT2D eigenvalue weighted by Gasteiger charge is -2.12. The van der Waals surface area contributed by atoms with Gasteiger partial charge in [-0.15, -0.1) is 0 Å². The van der Waals surface area contributed by atoms with Gasteiger partial charge in [0.1, 0.15) is 17.2 Å². The lowest BCUT2D eigenvalue weighted by molar-refractivity contribution is -0.113. The summed E-state index contributed by atoms with van der Waals surface area (Å²) in [5, 5.41) is 5.50. The number of nitrogens with one attached hydrogen (secondary N) is 2. The lowest BCUT2D eigenvalue weighted by atomic mass is 10.1. The van der Waals surface area contributed by atoms with Gasteiger partial charge in [0.2, 0.25) is 0 Å². The van der Waals surface area contributed by atoms with Gasteiger partial charge in [0.25, 0.3) is 11.8 Å². The van der Waals surface area contributed by atoms with Crippen LogP contribution in [-0.2, 0) is 4.79 Å². The Morgan fingerprint density at radius 3 is 2.15 bits per heavy atom. The van der Waals surface area contributed by atoms with E-state index < -0.39 is 11.8 Å². The van der Waals surface area contributed by atoms with Crippen LogP contribution in [0.2, 0.25) is 0 Å². The predicted molar refractivity (Wildman–Crippen MR) is 164 cm³/mol. The number of ketones is 1. The number of hydrogen-bond acceptors (Lipinski definition) is 5. The summed E-state index contributed by atoms with van der Waals surface area (Å²) < 4.78 is 11.5. The molecular formula is C33H27BrN2O5. The number of allylic oxidation sites excluding steroid dienone is 1. The first-order chi connectivity index (χ1) is 19.9. The molecule has 0 saturated heterocycles. The number of rotatable bonds is 10. The first-order valence-corrected chi connectivity index (χ1v) is 13.3. The van der Waals surface area contributed by atoms with Gasteiger partial charge >= 0.3 is 0 Å². The highest BCUT2D eigenvalue weighted by atomic mass is 79.9. The topological polar surface area (TPSA) is 93.7 Å². The Hall–Kier alpha value is -4.95. The molecule has 0 saturated carbocycles. The Balaban J connectivity index is 1.48. The van der Waals surface area contributed by atoms with Gasteiger partial charge in [-0.25, -0.2) is 0 Å². The fourth-order valence-electron chi connectivity index (χ4n) is 3.80. The average Bonchev–Trinajstić information content (AvgIpc) is 3.01. The molecule has 7 nitrogen and oxygen atoms in total. The number of ether oxygens (including phenoxy) is 2. The van der Waals surface area contributed by atoms with Gasteiger partial charge in [-0.05, 0) is 84.5 Å². The predicted octanol–water partition coefficient (Wildman–Crippen LogP) is 6.77. The number of hydrogen-bond donors (Lipinski definition) is 2. The van der Waals surface area contributed by atoms with E-state index in [2.05, 4.69) is 26.6 Å². The Morgan fingerprint density at radius 1 is 0.780 bits per heavy atom. The fraction of sp³-hybridized carbons (Fsp3) is 0.0606. The molecule has 2 N–H and O–H groups in total. The van der Waals surface area contributed by atoms with E-state index in [1.165, 1.54) is 6.08 Å². The van der Waals surface area contributed by atoms with Crippen LogP contribution in [-0.4, -0.2) is 31.8 Å². The van der Waals surface area contributed by atoms with Crippen molar-refractivity contribution in [2.75, 3.05) is 19.5 Å². The molecule has 4 rings (SSSR count). The Morgan fingerprint density at radius 2 is 1.49 bits per heavy atom. The highest BCUT2D eigenvalue weighted by molar-refractivity contribution is 9.10. The summed E-state index contributed by atoms with van der Waals surface area (Å²) in [6, 6.07) is 27.8. The third-order valence-electron chi connectivity index (χ3n) is 5.99. The van der Waals surface area contributed by atoms with Crippen molar-refractivity contribution in [3.8, 4) is 11.5 Å². The van der Waals surface area contributed by atoms with Gasteiger partial charge in [0.15, 0.2) is 5.78 Å². The van der Waals surface area contributed by atoms with E-state index in [9.17, 15) is 14.4 Å². The van der Waals surface area contributed by atoms with Crippen molar-refractivity contribution in [1.29, 1.82) is 0 Å². The number of carbonyl (C=O) groups excluding carboxylic acids is 3. The maximum Gasteiger partial charge on any atom is 0.272 e. The summed E-state index contributed by atoms with van der Waals surface area (Å²) in [4.78, 5) is 38.8. The molecule has 41 heavy (non-hydrogen) atoms. The van der Waals surface area contributed by atoms with Crippen molar-refractivity contribution >= 4 is 51.4 Å². The van der Waals surface area contributed by atoms with E-state index in [0.717, 1.165) is 15.6 Å². The van der Waals surface area contributed by atoms with Crippen LogP contribution in [0, 0.1) is 0 Å². The standard InChI is InChI=1S/C33H27BrN2O5/c1-40-28-18-12-24(31(21-28)41-2)13-19-30(37)23-10-16-27(17-11-23)35-33(39)29(20-22-8-14-26(34)15-9-22)36-32(38)25-6-4-3-5-7-25/h3-21H,1-2H3,(H,35,39)(H,36,38)/b19-13+,29-20-. The molecular weight excluding hydrogens is 584 g/mol. The molecule has 0 bridgehead atoms. The normalized spacial score (nSPS) is 11.1. The summed E-state index contributed by atoms with van der Waals surface area (Å²) in [5.41, 5.74) is 2.85. The number of halogens is 1. The zero-order valence-electron chi connectivity index (χ0n) is 22.4. The minimum atomic E-state index is -0.511. The number of amides is 2. The Kier molecular flexibility index (Phi) is 9.85. The third kappa shape index (κ3) is 8.03. The second-order valence-corrected chi connectivity index (χ2v) is 9.68. The molecule has 0 atom stereocenters. The molecule has 0 fully saturated rings. The van der Waals surface area contributed by atoms with Crippen LogP contribution in [0.25, 0.3) is 12.2 Å². The maximum atomic E-state index is 13.2. The minimum Gasteiger partial charge on any atom is -0.497 e. The SMILES string of the molecule is COc1ccc(/C=C/C(=O)c2ccc(NC(=O)/C(=C/c3ccc(Br)cc3)NC(=O)c3ccccc3)cc2)c(OC)c1. The largest absolute Gasteiger partial charge is 0.497 e. The number of methoxy groups -OCH3 is 2. The van der Waals surface area contributed by atoms with Crippen LogP contribution in [0.15, 0.2) is 113 Å². The van der Waals surface area contributed by atoms with Gasteiger partial charge < -0.3 is 20.1 Å². The molecule has 0 unspecified atom stereocenters. The minimum absolute atomic E-state index is 0.0673. The van der Waals surface area contributed by atoms with Gasteiger partial charge in [0, 0.05) is 32.9 Å².